The molecule has 2 aliphatic rings. The van der Waals surface area contributed by atoms with Crippen molar-refractivity contribution >= 4 is 24.4 Å². The number of hydrogen-bond donors (Lipinski definition) is 1. The van der Waals surface area contributed by atoms with Gasteiger partial charge < -0.3 is 20.3 Å². The first-order chi connectivity index (χ1) is 10.5. The summed E-state index contributed by atoms with van der Waals surface area (Å²) >= 11 is 0. The van der Waals surface area contributed by atoms with Gasteiger partial charge in [-0.15, -0.1) is 12.4 Å². The van der Waals surface area contributed by atoms with Crippen LogP contribution in [0, 0.1) is 5.92 Å². The Labute approximate surface area is 145 Å². The lowest BCUT2D eigenvalue weighted by molar-refractivity contribution is -0.134. The van der Waals surface area contributed by atoms with Crippen LogP contribution >= 0.6 is 12.4 Å². The van der Waals surface area contributed by atoms with Crippen molar-refractivity contribution in [2.24, 2.45) is 11.7 Å². The molecular formula is C16H30ClN3O3. The molecule has 0 saturated carbocycles. The van der Waals surface area contributed by atoms with Crippen molar-refractivity contribution in [1.82, 2.24) is 9.80 Å². The van der Waals surface area contributed by atoms with E-state index in [1.54, 1.807) is 0 Å². The quantitative estimate of drug-likeness (QED) is 0.797. The van der Waals surface area contributed by atoms with Gasteiger partial charge in [-0.3, -0.25) is 4.79 Å². The largest absolute Gasteiger partial charge is 0.441 e. The number of likely N-dealkylation sites (tertiary alicyclic amines) is 1. The predicted molar refractivity (Wildman–Crippen MR) is 91.6 cm³/mol. The van der Waals surface area contributed by atoms with Crippen LogP contribution in [0.15, 0.2) is 0 Å². The normalized spacial score (nSPS) is 19.9. The number of ether oxygens (including phenoxy) is 1. The summed E-state index contributed by atoms with van der Waals surface area (Å²) in [5.41, 5.74) is 5.05. The molecule has 0 bridgehead atoms. The smallest absolute Gasteiger partial charge is 0.410 e. The lowest BCUT2D eigenvalue weighted by atomic mass is 9.91. The molecule has 0 radical (unpaired) electrons. The molecule has 2 heterocycles. The minimum absolute atomic E-state index is 0. The Morgan fingerprint density at radius 3 is 2.43 bits per heavy atom. The summed E-state index contributed by atoms with van der Waals surface area (Å²) < 4.78 is 5.70. The average Bonchev–Trinajstić information content (AvgIpc) is 2.81. The summed E-state index contributed by atoms with van der Waals surface area (Å²) in [7, 11) is 0. The summed E-state index contributed by atoms with van der Waals surface area (Å²) in [5.74, 6) is 0.643. The second-order valence-electron chi connectivity index (χ2n) is 6.53. The highest BCUT2D eigenvalue weighted by Gasteiger charge is 2.47. The predicted octanol–water partition coefficient (Wildman–Crippen LogP) is 2.01. The van der Waals surface area contributed by atoms with Crippen LogP contribution < -0.4 is 5.73 Å². The molecule has 2 saturated heterocycles. The molecular weight excluding hydrogens is 318 g/mol. The molecule has 23 heavy (non-hydrogen) atoms. The van der Waals surface area contributed by atoms with E-state index in [9.17, 15) is 9.59 Å². The van der Waals surface area contributed by atoms with Gasteiger partial charge in [0.2, 0.25) is 5.91 Å². The summed E-state index contributed by atoms with van der Waals surface area (Å²) in [6.45, 7) is 7.47. The van der Waals surface area contributed by atoms with Crippen molar-refractivity contribution in [2.45, 2.75) is 51.6 Å². The molecule has 134 valence electrons. The van der Waals surface area contributed by atoms with Crippen molar-refractivity contribution in [2.75, 3.05) is 32.7 Å². The summed E-state index contributed by atoms with van der Waals surface area (Å²) in [6, 6.07) is 0. The molecule has 2 aliphatic heterocycles. The van der Waals surface area contributed by atoms with Gasteiger partial charge in [-0.25, -0.2) is 4.79 Å². The van der Waals surface area contributed by atoms with Gasteiger partial charge in [-0.2, -0.15) is 0 Å². The molecule has 0 aromatic carbocycles. The molecule has 0 aliphatic carbocycles. The van der Waals surface area contributed by atoms with Gasteiger partial charge in [0.05, 0.1) is 6.54 Å². The van der Waals surface area contributed by atoms with E-state index in [1.807, 2.05) is 9.80 Å². The topological polar surface area (TPSA) is 75.9 Å². The van der Waals surface area contributed by atoms with Gasteiger partial charge >= 0.3 is 6.09 Å². The second-order valence-corrected chi connectivity index (χ2v) is 6.53. The van der Waals surface area contributed by atoms with Gasteiger partial charge in [0.15, 0.2) is 0 Å². The molecule has 0 aromatic heterocycles. The lowest BCUT2D eigenvalue weighted by Gasteiger charge is -2.37. The van der Waals surface area contributed by atoms with Crippen LogP contribution in [0.3, 0.4) is 0 Å². The van der Waals surface area contributed by atoms with Gasteiger partial charge in [0, 0.05) is 45.4 Å². The Morgan fingerprint density at radius 1 is 1.30 bits per heavy atom. The number of halogens is 1. The molecule has 0 atom stereocenters. The number of carbonyl (C=O) groups excluding carboxylic acids is 2. The zero-order valence-corrected chi connectivity index (χ0v) is 15.1. The fraction of sp³-hybridized carbons (Fsp3) is 0.875. The highest BCUT2D eigenvalue weighted by molar-refractivity contribution is 5.85. The van der Waals surface area contributed by atoms with Crippen LogP contribution in [-0.2, 0) is 9.53 Å². The van der Waals surface area contributed by atoms with Gasteiger partial charge in [0.1, 0.15) is 5.60 Å². The fourth-order valence-corrected chi connectivity index (χ4v) is 3.40. The van der Waals surface area contributed by atoms with E-state index in [2.05, 4.69) is 13.8 Å². The van der Waals surface area contributed by atoms with Crippen LogP contribution in [0.2, 0.25) is 0 Å². The number of hydrogen-bond acceptors (Lipinski definition) is 4. The van der Waals surface area contributed by atoms with E-state index in [4.69, 9.17) is 10.5 Å². The van der Waals surface area contributed by atoms with Crippen molar-refractivity contribution in [1.29, 1.82) is 0 Å². The third kappa shape index (κ3) is 4.73. The fourth-order valence-electron chi connectivity index (χ4n) is 3.40. The molecule has 1 spiro atoms. The molecule has 0 aromatic rings. The third-order valence-electron chi connectivity index (χ3n) is 5.06. The molecule has 2 fully saturated rings. The van der Waals surface area contributed by atoms with Crippen LogP contribution in [0.25, 0.3) is 0 Å². The number of amides is 2. The van der Waals surface area contributed by atoms with E-state index < -0.39 is 0 Å². The number of piperidine rings is 1. The van der Waals surface area contributed by atoms with E-state index in [0.717, 1.165) is 32.2 Å². The van der Waals surface area contributed by atoms with Crippen LogP contribution in [0.1, 0.15) is 46.0 Å². The number of nitrogens with two attached hydrogens (primary N) is 1. The maximum absolute atomic E-state index is 12.1. The lowest BCUT2D eigenvalue weighted by Crippen LogP contribution is -2.49. The zero-order valence-electron chi connectivity index (χ0n) is 14.3. The Morgan fingerprint density at radius 2 is 1.91 bits per heavy atom. The highest BCUT2D eigenvalue weighted by atomic mass is 35.5. The Bertz CT molecular complexity index is 407. The van der Waals surface area contributed by atoms with Gasteiger partial charge in [0.25, 0.3) is 0 Å². The summed E-state index contributed by atoms with van der Waals surface area (Å²) in [4.78, 5) is 27.7. The standard InChI is InChI=1S/C16H29N3O3.ClH/c1-3-13(4-2)11-19-12-16(22-15(19)21)6-9-18(10-7-16)14(20)5-8-17;/h13H,3-12,17H2,1-2H3;1H. The van der Waals surface area contributed by atoms with Crippen molar-refractivity contribution in [3.05, 3.63) is 0 Å². The Balaban J connectivity index is 0.00000264. The first-order valence-corrected chi connectivity index (χ1v) is 8.49. The maximum atomic E-state index is 12.1. The number of carbonyl (C=O) groups is 2. The maximum Gasteiger partial charge on any atom is 0.410 e. The van der Waals surface area contributed by atoms with E-state index >= 15 is 0 Å². The average molecular weight is 348 g/mol. The minimum Gasteiger partial charge on any atom is -0.441 e. The summed E-state index contributed by atoms with van der Waals surface area (Å²) in [5, 5.41) is 0. The third-order valence-corrected chi connectivity index (χ3v) is 5.06. The first kappa shape index (κ1) is 20.0. The first-order valence-electron chi connectivity index (χ1n) is 8.49. The summed E-state index contributed by atoms with van der Waals surface area (Å²) in [6.07, 6.45) is 3.83. The molecule has 0 unspecified atom stereocenters. The van der Waals surface area contributed by atoms with Crippen LogP contribution in [0.5, 0.6) is 0 Å². The van der Waals surface area contributed by atoms with Crippen molar-refractivity contribution in [3.8, 4) is 0 Å². The Kier molecular flexibility index (Phi) is 7.61. The minimum atomic E-state index is -0.386. The Hall–Kier alpha value is -1.01. The van der Waals surface area contributed by atoms with Gasteiger partial charge in [-0.05, 0) is 5.92 Å². The molecule has 6 nitrogen and oxygen atoms in total. The number of rotatable bonds is 6. The van der Waals surface area contributed by atoms with Crippen molar-refractivity contribution < 1.29 is 14.3 Å². The number of nitrogens with zero attached hydrogens (tertiary/aromatic N) is 2. The molecule has 7 heteroatoms. The van der Waals surface area contributed by atoms with E-state index in [1.165, 1.54) is 0 Å². The second kappa shape index (κ2) is 8.73. The molecule has 2 N–H and O–H groups in total. The van der Waals surface area contributed by atoms with Crippen LogP contribution in [-0.4, -0.2) is 60.1 Å². The molecule has 2 amide bonds. The van der Waals surface area contributed by atoms with E-state index in [-0.39, 0.29) is 30.0 Å². The zero-order chi connectivity index (χ0) is 16.2. The van der Waals surface area contributed by atoms with Gasteiger partial charge in [-0.1, -0.05) is 26.7 Å². The SMILES string of the molecule is CCC(CC)CN1CC2(CCN(C(=O)CCN)CC2)OC1=O.Cl. The van der Waals surface area contributed by atoms with Crippen molar-refractivity contribution in [3.63, 3.8) is 0 Å². The monoisotopic (exact) mass is 347 g/mol. The molecule has 2 rings (SSSR count). The highest BCUT2D eigenvalue weighted by Crippen LogP contribution is 2.34. The van der Waals surface area contributed by atoms with E-state index in [0.29, 0.717) is 38.5 Å². The van der Waals surface area contributed by atoms with Crippen LogP contribution in [0.4, 0.5) is 4.79 Å².